The Bertz CT molecular complexity index is 900. The van der Waals surface area contributed by atoms with Crippen molar-refractivity contribution < 1.29 is 14.7 Å². The van der Waals surface area contributed by atoms with Crippen LogP contribution in [-0.2, 0) is 17.9 Å². The van der Waals surface area contributed by atoms with Gasteiger partial charge in [-0.2, -0.15) is 0 Å². The maximum atomic E-state index is 12.4. The number of benzene rings is 1. The second-order valence-electron chi connectivity index (χ2n) is 7.06. The smallest absolute Gasteiger partial charge is 0.263 e. The number of hydrogen-bond donors (Lipinski definition) is 2. The number of carbonyl (C=O) groups is 2. The molecular weight excluding hydrogens is 447 g/mol. The molecule has 0 unspecified atom stereocenters. The van der Waals surface area contributed by atoms with Crippen molar-refractivity contribution in [2.45, 2.75) is 32.5 Å². The summed E-state index contributed by atoms with van der Waals surface area (Å²) in [7, 11) is 0. The van der Waals surface area contributed by atoms with Crippen LogP contribution in [-0.4, -0.2) is 64.0 Å². The Kier molecular flexibility index (Phi) is 8.07. The Labute approximate surface area is 189 Å². The van der Waals surface area contributed by atoms with Gasteiger partial charge in [0.15, 0.2) is 0 Å². The number of carbonyl (C=O) groups excluding carboxylic acids is 2. The van der Waals surface area contributed by atoms with E-state index in [0.29, 0.717) is 60.6 Å². The molecule has 10 heteroatoms. The van der Waals surface area contributed by atoms with E-state index in [2.05, 4.69) is 15.2 Å². The van der Waals surface area contributed by atoms with Crippen LogP contribution in [0.15, 0.2) is 24.4 Å². The largest absolute Gasteiger partial charge is 0.383 e. The van der Waals surface area contributed by atoms with Crippen LogP contribution in [0, 0.1) is 0 Å². The van der Waals surface area contributed by atoms with Crippen molar-refractivity contribution in [1.82, 2.24) is 20.1 Å². The van der Waals surface area contributed by atoms with Crippen molar-refractivity contribution in [2.24, 2.45) is 0 Å². The molecule has 2 heterocycles. The molecule has 1 saturated heterocycles. The van der Waals surface area contributed by atoms with E-state index in [1.807, 2.05) is 0 Å². The molecule has 1 atom stereocenters. The van der Waals surface area contributed by atoms with Gasteiger partial charge in [0, 0.05) is 42.8 Å². The lowest BCUT2D eigenvalue weighted by Crippen LogP contribution is -2.51. The third-order valence-corrected chi connectivity index (χ3v) is 6.51. The van der Waals surface area contributed by atoms with Gasteiger partial charge in [-0.3, -0.25) is 14.5 Å². The van der Waals surface area contributed by atoms with Gasteiger partial charge >= 0.3 is 0 Å². The van der Waals surface area contributed by atoms with Crippen LogP contribution in [0.4, 0.5) is 0 Å². The molecule has 0 aliphatic carbocycles. The Morgan fingerprint density at radius 1 is 1.27 bits per heavy atom. The number of halogens is 2. The fraction of sp³-hybridized carbons (Fsp3) is 0.450. The molecule has 162 valence electrons. The zero-order chi connectivity index (χ0) is 21.7. The number of nitrogens with zero attached hydrogens (tertiary/aromatic N) is 3. The van der Waals surface area contributed by atoms with Crippen molar-refractivity contribution in [3.05, 3.63) is 49.9 Å². The lowest BCUT2D eigenvalue weighted by molar-refractivity contribution is -0.142. The number of aromatic nitrogens is 1. The molecule has 0 spiro atoms. The fourth-order valence-electron chi connectivity index (χ4n) is 3.12. The standard InChI is InChI=1S/C20H24Cl2N4O3S/c1-2-16(27)20(29)26-7-5-25(6-8-26)12-18-23-11-17(30-18)19(28)24-10-13-3-4-14(21)9-15(13)22/h3-4,9,11,16,27H,2,5-8,10,12H2,1H3,(H,24,28)/t16-/m0/s1. The summed E-state index contributed by atoms with van der Waals surface area (Å²) < 4.78 is 0. The third-order valence-electron chi connectivity index (χ3n) is 4.95. The van der Waals surface area contributed by atoms with Gasteiger partial charge in [0.25, 0.3) is 11.8 Å². The molecule has 2 N–H and O–H groups in total. The summed E-state index contributed by atoms with van der Waals surface area (Å²) in [5, 5.41) is 14.5. The van der Waals surface area contributed by atoms with Gasteiger partial charge < -0.3 is 15.3 Å². The summed E-state index contributed by atoms with van der Waals surface area (Å²) in [5.41, 5.74) is 0.791. The monoisotopic (exact) mass is 470 g/mol. The van der Waals surface area contributed by atoms with E-state index >= 15 is 0 Å². The zero-order valence-corrected chi connectivity index (χ0v) is 18.9. The van der Waals surface area contributed by atoms with E-state index in [4.69, 9.17) is 23.2 Å². The van der Waals surface area contributed by atoms with Crippen molar-refractivity contribution in [1.29, 1.82) is 0 Å². The number of thiazole rings is 1. The predicted octanol–water partition coefficient (Wildman–Crippen LogP) is 2.80. The van der Waals surface area contributed by atoms with Gasteiger partial charge in [-0.05, 0) is 24.1 Å². The molecule has 1 aliphatic rings. The molecule has 1 aromatic carbocycles. The van der Waals surface area contributed by atoms with Crippen molar-refractivity contribution in [3.63, 3.8) is 0 Å². The van der Waals surface area contributed by atoms with Crippen LogP contribution in [0.2, 0.25) is 10.0 Å². The fourth-order valence-corrected chi connectivity index (χ4v) is 4.47. The topological polar surface area (TPSA) is 85.8 Å². The average Bonchev–Trinajstić information content (AvgIpc) is 3.21. The Morgan fingerprint density at radius 3 is 2.67 bits per heavy atom. The lowest BCUT2D eigenvalue weighted by atomic mass is 10.2. The van der Waals surface area contributed by atoms with Crippen LogP contribution < -0.4 is 5.32 Å². The number of aliphatic hydroxyl groups excluding tert-OH is 1. The number of nitrogens with one attached hydrogen (secondary N) is 1. The maximum Gasteiger partial charge on any atom is 0.263 e. The van der Waals surface area contributed by atoms with Crippen molar-refractivity contribution in [2.75, 3.05) is 26.2 Å². The number of hydrogen-bond acceptors (Lipinski definition) is 6. The van der Waals surface area contributed by atoms with E-state index in [1.165, 1.54) is 11.3 Å². The van der Waals surface area contributed by atoms with Crippen LogP contribution in [0.25, 0.3) is 0 Å². The Hall–Kier alpha value is -1.71. The third kappa shape index (κ3) is 5.92. The molecule has 2 aromatic rings. The highest BCUT2D eigenvalue weighted by Crippen LogP contribution is 2.21. The summed E-state index contributed by atoms with van der Waals surface area (Å²) in [4.78, 5) is 33.3. The molecule has 7 nitrogen and oxygen atoms in total. The van der Waals surface area contributed by atoms with E-state index in [9.17, 15) is 14.7 Å². The summed E-state index contributed by atoms with van der Waals surface area (Å²) >= 11 is 13.4. The van der Waals surface area contributed by atoms with E-state index in [-0.39, 0.29) is 11.8 Å². The minimum Gasteiger partial charge on any atom is -0.383 e. The zero-order valence-electron chi connectivity index (χ0n) is 16.6. The summed E-state index contributed by atoms with van der Waals surface area (Å²) in [6.45, 7) is 5.30. The van der Waals surface area contributed by atoms with Gasteiger partial charge in [-0.15, -0.1) is 11.3 Å². The number of amides is 2. The first-order valence-corrected chi connectivity index (χ1v) is 11.3. The molecule has 30 heavy (non-hydrogen) atoms. The van der Waals surface area contributed by atoms with Crippen molar-refractivity contribution >= 4 is 46.4 Å². The van der Waals surface area contributed by atoms with Gasteiger partial charge in [-0.1, -0.05) is 36.2 Å². The first-order valence-electron chi connectivity index (χ1n) is 9.73. The Morgan fingerprint density at radius 2 is 2.00 bits per heavy atom. The quantitative estimate of drug-likeness (QED) is 0.649. The normalized spacial score (nSPS) is 15.8. The summed E-state index contributed by atoms with van der Waals surface area (Å²) in [5.74, 6) is -0.403. The SMILES string of the molecule is CC[C@H](O)C(=O)N1CCN(Cc2ncc(C(=O)NCc3ccc(Cl)cc3Cl)s2)CC1. The summed E-state index contributed by atoms with van der Waals surface area (Å²) in [6, 6.07) is 5.16. The van der Waals surface area contributed by atoms with Crippen LogP contribution in [0.1, 0.15) is 33.6 Å². The van der Waals surface area contributed by atoms with E-state index < -0.39 is 6.10 Å². The van der Waals surface area contributed by atoms with Crippen LogP contribution in [0.3, 0.4) is 0 Å². The highest BCUT2D eigenvalue weighted by atomic mass is 35.5. The molecule has 3 rings (SSSR count). The Balaban J connectivity index is 1.48. The van der Waals surface area contributed by atoms with Crippen molar-refractivity contribution in [3.8, 4) is 0 Å². The molecule has 2 amide bonds. The van der Waals surface area contributed by atoms with E-state index in [1.54, 1.807) is 36.2 Å². The molecule has 1 fully saturated rings. The highest BCUT2D eigenvalue weighted by Gasteiger charge is 2.25. The predicted molar refractivity (Wildman–Crippen MR) is 118 cm³/mol. The maximum absolute atomic E-state index is 12.4. The highest BCUT2D eigenvalue weighted by molar-refractivity contribution is 7.13. The van der Waals surface area contributed by atoms with Gasteiger partial charge in [-0.25, -0.2) is 4.98 Å². The molecule has 1 aliphatic heterocycles. The minimum absolute atomic E-state index is 0.200. The molecule has 0 saturated carbocycles. The number of rotatable bonds is 7. The molecular formula is C20H24Cl2N4O3S. The number of aliphatic hydroxyl groups is 1. The first-order chi connectivity index (χ1) is 14.4. The molecule has 0 radical (unpaired) electrons. The van der Waals surface area contributed by atoms with Crippen LogP contribution in [0.5, 0.6) is 0 Å². The molecule has 1 aromatic heterocycles. The van der Waals surface area contributed by atoms with Gasteiger partial charge in [0.05, 0.1) is 12.7 Å². The lowest BCUT2D eigenvalue weighted by Gasteiger charge is -2.35. The first kappa shape index (κ1) is 23.0. The van der Waals surface area contributed by atoms with Crippen LogP contribution >= 0.6 is 34.5 Å². The van der Waals surface area contributed by atoms with Gasteiger partial charge in [0.1, 0.15) is 16.0 Å². The average molecular weight is 471 g/mol. The second-order valence-corrected chi connectivity index (χ2v) is 9.02. The summed E-state index contributed by atoms with van der Waals surface area (Å²) in [6.07, 6.45) is 1.09. The minimum atomic E-state index is -0.917. The second kappa shape index (κ2) is 10.5. The number of piperazine rings is 1. The van der Waals surface area contributed by atoms with Gasteiger partial charge in [0.2, 0.25) is 0 Å². The van der Waals surface area contributed by atoms with E-state index in [0.717, 1.165) is 10.6 Å². The molecule has 0 bridgehead atoms.